The Labute approximate surface area is 94.5 Å². The van der Waals surface area contributed by atoms with Gasteiger partial charge in [0.05, 0.1) is 0 Å². The third kappa shape index (κ3) is 1.58. The van der Waals surface area contributed by atoms with Crippen molar-refractivity contribution in [3.05, 3.63) is 24.3 Å². The predicted molar refractivity (Wildman–Crippen MR) is 66.7 cm³/mol. The van der Waals surface area contributed by atoms with E-state index >= 15 is 0 Å². The summed E-state index contributed by atoms with van der Waals surface area (Å²) in [5.41, 5.74) is 2.43. The van der Waals surface area contributed by atoms with Crippen LogP contribution in [0.4, 0.5) is 0 Å². The van der Waals surface area contributed by atoms with E-state index in [2.05, 4.69) is 39.5 Å². The van der Waals surface area contributed by atoms with Gasteiger partial charge in [-0.1, -0.05) is 45.1 Å². The Morgan fingerprint density at radius 3 is 2.60 bits per heavy atom. The maximum atomic E-state index is 4.32. The zero-order chi connectivity index (χ0) is 11.1. The third-order valence-electron chi connectivity index (χ3n) is 5.19. The first-order valence-corrected chi connectivity index (χ1v) is 6.30. The van der Waals surface area contributed by atoms with E-state index in [1.165, 1.54) is 37.7 Å². The van der Waals surface area contributed by atoms with Crippen molar-refractivity contribution in [3.8, 4) is 0 Å². The van der Waals surface area contributed by atoms with Crippen LogP contribution in [0.3, 0.4) is 0 Å². The molecule has 1 fully saturated rings. The average molecular weight is 204 g/mol. The summed E-state index contributed by atoms with van der Waals surface area (Å²) in [6.07, 6.45) is 11.1. The van der Waals surface area contributed by atoms with Crippen LogP contribution in [-0.4, -0.2) is 0 Å². The maximum absolute atomic E-state index is 4.32. The molecule has 2 aliphatic carbocycles. The molecular weight excluding hydrogens is 180 g/mol. The van der Waals surface area contributed by atoms with Crippen LogP contribution in [-0.2, 0) is 0 Å². The minimum atomic E-state index is 0.430. The number of hydrogen-bond acceptors (Lipinski definition) is 0. The monoisotopic (exact) mass is 204 g/mol. The van der Waals surface area contributed by atoms with E-state index in [0.29, 0.717) is 10.8 Å². The highest BCUT2D eigenvalue weighted by molar-refractivity contribution is 5.18. The molecule has 2 aliphatic rings. The maximum Gasteiger partial charge on any atom is -0.0146 e. The molecular formula is C15H24. The molecule has 0 radical (unpaired) electrons. The van der Waals surface area contributed by atoms with Crippen molar-refractivity contribution in [2.24, 2.45) is 16.7 Å². The molecule has 1 saturated carbocycles. The van der Waals surface area contributed by atoms with E-state index in [0.717, 1.165) is 5.92 Å². The van der Waals surface area contributed by atoms with Crippen molar-refractivity contribution in [1.82, 2.24) is 0 Å². The first-order valence-electron chi connectivity index (χ1n) is 6.30. The van der Waals surface area contributed by atoms with Gasteiger partial charge in [0.1, 0.15) is 0 Å². The van der Waals surface area contributed by atoms with Gasteiger partial charge in [-0.05, 0) is 48.9 Å². The van der Waals surface area contributed by atoms with Crippen LogP contribution in [0.2, 0.25) is 0 Å². The van der Waals surface area contributed by atoms with E-state index in [4.69, 9.17) is 0 Å². The van der Waals surface area contributed by atoms with Gasteiger partial charge in [-0.15, -0.1) is 0 Å². The third-order valence-corrected chi connectivity index (χ3v) is 5.19. The fraction of sp³-hybridized carbons (Fsp3) is 0.733. The molecule has 0 amide bonds. The second-order valence-corrected chi connectivity index (χ2v) is 6.27. The van der Waals surface area contributed by atoms with Crippen molar-refractivity contribution in [2.75, 3.05) is 0 Å². The Bertz CT molecular complexity index is 295. The lowest BCUT2D eigenvalue weighted by Gasteiger charge is -2.57. The molecule has 84 valence electrons. The van der Waals surface area contributed by atoms with Gasteiger partial charge in [0.15, 0.2) is 0 Å². The van der Waals surface area contributed by atoms with Crippen molar-refractivity contribution in [1.29, 1.82) is 0 Å². The minimum absolute atomic E-state index is 0.430. The van der Waals surface area contributed by atoms with E-state index in [1.807, 2.05) is 0 Å². The first kappa shape index (κ1) is 11.0. The topological polar surface area (TPSA) is 0 Å². The lowest BCUT2D eigenvalue weighted by molar-refractivity contribution is -0.0469. The van der Waals surface area contributed by atoms with E-state index < -0.39 is 0 Å². The van der Waals surface area contributed by atoms with Gasteiger partial charge in [0.2, 0.25) is 0 Å². The number of rotatable bonds is 0. The fourth-order valence-corrected chi connectivity index (χ4v) is 3.36. The number of allylic oxidation sites excluding steroid dienone is 3. The summed E-state index contributed by atoms with van der Waals surface area (Å²) in [5, 5.41) is 0. The van der Waals surface area contributed by atoms with Crippen molar-refractivity contribution < 1.29 is 0 Å². The molecule has 0 aromatic carbocycles. The molecule has 2 rings (SSSR count). The van der Waals surface area contributed by atoms with Crippen LogP contribution in [0.25, 0.3) is 0 Å². The lowest BCUT2D eigenvalue weighted by Crippen LogP contribution is -2.49. The molecule has 0 aromatic heterocycles. The molecule has 2 unspecified atom stereocenters. The minimum Gasteiger partial charge on any atom is -0.0995 e. The molecule has 15 heavy (non-hydrogen) atoms. The van der Waals surface area contributed by atoms with Gasteiger partial charge < -0.3 is 0 Å². The highest BCUT2D eigenvalue weighted by atomic mass is 14.6. The molecule has 0 heteroatoms. The van der Waals surface area contributed by atoms with Crippen molar-refractivity contribution in [2.45, 2.75) is 52.9 Å². The lowest BCUT2D eigenvalue weighted by atomic mass is 9.47. The Balaban J connectivity index is 2.30. The standard InChI is InChI=1S/C15H24/c1-12-8-6-5-7-10-14(2,3)15(4)11-9-13(12)15/h5,7,13H,1,6,8-11H2,2-4H3. The zero-order valence-electron chi connectivity index (χ0n) is 10.5. The Hall–Kier alpha value is -0.520. The Kier molecular flexibility index (Phi) is 2.56. The van der Waals surface area contributed by atoms with Gasteiger partial charge in [0.25, 0.3) is 0 Å². The normalized spacial score (nSPS) is 39.7. The summed E-state index contributed by atoms with van der Waals surface area (Å²) in [5.74, 6) is 0.785. The van der Waals surface area contributed by atoms with Crippen LogP contribution >= 0.6 is 0 Å². The van der Waals surface area contributed by atoms with E-state index in [1.54, 1.807) is 0 Å². The molecule has 0 spiro atoms. The largest absolute Gasteiger partial charge is 0.0995 e. The number of fused-ring (bicyclic) bond motifs is 1. The van der Waals surface area contributed by atoms with Crippen LogP contribution < -0.4 is 0 Å². The Morgan fingerprint density at radius 1 is 1.27 bits per heavy atom. The zero-order valence-corrected chi connectivity index (χ0v) is 10.5. The van der Waals surface area contributed by atoms with Crippen LogP contribution in [0.1, 0.15) is 52.9 Å². The van der Waals surface area contributed by atoms with Gasteiger partial charge in [-0.3, -0.25) is 0 Å². The summed E-state index contributed by atoms with van der Waals surface area (Å²) in [6.45, 7) is 11.7. The molecule has 0 heterocycles. The molecule has 0 saturated heterocycles. The van der Waals surface area contributed by atoms with Gasteiger partial charge in [-0.25, -0.2) is 0 Å². The molecule has 0 bridgehead atoms. The number of hydrogen-bond donors (Lipinski definition) is 0. The van der Waals surface area contributed by atoms with Crippen LogP contribution in [0.15, 0.2) is 24.3 Å². The van der Waals surface area contributed by atoms with Gasteiger partial charge in [-0.2, -0.15) is 0 Å². The summed E-state index contributed by atoms with van der Waals surface area (Å²) < 4.78 is 0. The second kappa shape index (κ2) is 3.50. The van der Waals surface area contributed by atoms with Crippen molar-refractivity contribution >= 4 is 0 Å². The Morgan fingerprint density at radius 2 is 2.00 bits per heavy atom. The molecule has 0 N–H and O–H groups in total. The second-order valence-electron chi connectivity index (χ2n) is 6.27. The molecule has 0 nitrogen and oxygen atoms in total. The summed E-state index contributed by atoms with van der Waals surface area (Å²) >= 11 is 0. The van der Waals surface area contributed by atoms with Crippen molar-refractivity contribution in [3.63, 3.8) is 0 Å². The molecule has 0 aliphatic heterocycles. The SMILES string of the molecule is C=C1CCC=CCC(C)(C)C2(C)CCC12. The first-order chi connectivity index (χ1) is 6.97. The highest BCUT2D eigenvalue weighted by Crippen LogP contribution is 2.61. The van der Waals surface area contributed by atoms with Crippen LogP contribution in [0.5, 0.6) is 0 Å². The van der Waals surface area contributed by atoms with E-state index in [9.17, 15) is 0 Å². The molecule has 2 atom stereocenters. The van der Waals surface area contributed by atoms with E-state index in [-0.39, 0.29) is 0 Å². The summed E-state index contributed by atoms with van der Waals surface area (Å²) in [6, 6.07) is 0. The quantitative estimate of drug-likeness (QED) is 0.501. The van der Waals surface area contributed by atoms with Gasteiger partial charge in [0, 0.05) is 0 Å². The van der Waals surface area contributed by atoms with Crippen LogP contribution in [0, 0.1) is 16.7 Å². The predicted octanol–water partition coefficient (Wildman–Crippen LogP) is 4.73. The summed E-state index contributed by atoms with van der Waals surface area (Å²) in [4.78, 5) is 0. The average Bonchev–Trinajstić information content (AvgIpc) is 2.14. The summed E-state index contributed by atoms with van der Waals surface area (Å²) in [7, 11) is 0. The highest BCUT2D eigenvalue weighted by Gasteiger charge is 2.52. The van der Waals surface area contributed by atoms with Gasteiger partial charge >= 0.3 is 0 Å². The fourth-order valence-electron chi connectivity index (χ4n) is 3.36. The smallest absolute Gasteiger partial charge is 0.0146 e. The molecule has 0 aromatic rings.